The zero-order valence-electron chi connectivity index (χ0n) is 11.7. The number of fused-ring (bicyclic) bond motifs is 1. The summed E-state index contributed by atoms with van der Waals surface area (Å²) in [6, 6.07) is 13.7. The first-order chi connectivity index (χ1) is 10.2. The van der Waals surface area contributed by atoms with Crippen LogP contribution in [0.4, 0.5) is 5.95 Å². The van der Waals surface area contributed by atoms with Gasteiger partial charge in [0.1, 0.15) is 0 Å². The van der Waals surface area contributed by atoms with E-state index in [-0.39, 0.29) is 0 Å². The zero-order chi connectivity index (χ0) is 14.8. The number of anilines is 1. The van der Waals surface area contributed by atoms with Gasteiger partial charge in [-0.15, -0.1) is 0 Å². The standard InChI is InChI=1S/C16H16ClN3O/c1-21-9-8-11-4-2-3-5-14(11)20-15-7-6-12(17)10-13(15)19-16(20)18/h2-7,10H,8-9H2,1H3,(H2,18,19). The van der Waals surface area contributed by atoms with Crippen molar-refractivity contribution in [2.24, 2.45) is 0 Å². The van der Waals surface area contributed by atoms with E-state index in [1.807, 2.05) is 41.0 Å². The third-order valence-electron chi connectivity index (χ3n) is 3.45. The van der Waals surface area contributed by atoms with Gasteiger partial charge < -0.3 is 10.5 Å². The largest absolute Gasteiger partial charge is 0.384 e. The normalized spacial score (nSPS) is 11.1. The van der Waals surface area contributed by atoms with Crippen LogP contribution < -0.4 is 5.73 Å². The summed E-state index contributed by atoms with van der Waals surface area (Å²) in [4.78, 5) is 4.40. The number of para-hydroxylation sites is 1. The molecule has 0 amide bonds. The Morgan fingerprint density at radius 1 is 1.24 bits per heavy atom. The van der Waals surface area contributed by atoms with E-state index in [0.29, 0.717) is 17.6 Å². The number of methoxy groups -OCH3 is 1. The molecule has 0 aliphatic rings. The Morgan fingerprint density at radius 2 is 2.05 bits per heavy atom. The van der Waals surface area contributed by atoms with E-state index in [4.69, 9.17) is 22.1 Å². The minimum atomic E-state index is 0.456. The molecule has 21 heavy (non-hydrogen) atoms. The molecule has 3 aromatic rings. The molecule has 2 aromatic carbocycles. The molecule has 2 N–H and O–H groups in total. The van der Waals surface area contributed by atoms with Gasteiger partial charge in [0.05, 0.1) is 23.3 Å². The molecule has 0 atom stereocenters. The summed E-state index contributed by atoms with van der Waals surface area (Å²) in [6.45, 7) is 0.662. The minimum Gasteiger partial charge on any atom is -0.384 e. The van der Waals surface area contributed by atoms with E-state index in [0.717, 1.165) is 23.1 Å². The Bertz CT molecular complexity index is 782. The molecule has 5 heteroatoms. The summed E-state index contributed by atoms with van der Waals surface area (Å²) < 4.78 is 7.13. The van der Waals surface area contributed by atoms with E-state index in [9.17, 15) is 0 Å². The van der Waals surface area contributed by atoms with Crippen LogP contribution >= 0.6 is 11.6 Å². The molecule has 0 aliphatic carbocycles. The third kappa shape index (κ3) is 2.60. The highest BCUT2D eigenvalue weighted by Gasteiger charge is 2.13. The van der Waals surface area contributed by atoms with Gasteiger partial charge in [-0.1, -0.05) is 29.8 Å². The number of hydrogen-bond donors (Lipinski definition) is 1. The van der Waals surface area contributed by atoms with Crippen LogP contribution in [-0.4, -0.2) is 23.3 Å². The van der Waals surface area contributed by atoms with Crippen molar-refractivity contribution in [3.8, 4) is 5.69 Å². The Labute approximate surface area is 128 Å². The number of imidazole rings is 1. The van der Waals surface area contributed by atoms with Crippen LogP contribution in [0.1, 0.15) is 5.56 Å². The van der Waals surface area contributed by atoms with E-state index in [1.54, 1.807) is 7.11 Å². The van der Waals surface area contributed by atoms with Gasteiger partial charge in [0.2, 0.25) is 5.95 Å². The highest BCUT2D eigenvalue weighted by atomic mass is 35.5. The quantitative estimate of drug-likeness (QED) is 0.803. The third-order valence-corrected chi connectivity index (χ3v) is 3.69. The van der Waals surface area contributed by atoms with E-state index in [2.05, 4.69) is 11.1 Å². The van der Waals surface area contributed by atoms with Crippen LogP contribution in [0.3, 0.4) is 0 Å². The summed E-state index contributed by atoms with van der Waals surface area (Å²) >= 11 is 6.02. The Hall–Kier alpha value is -2.04. The number of aromatic nitrogens is 2. The fourth-order valence-electron chi connectivity index (χ4n) is 2.48. The fourth-order valence-corrected chi connectivity index (χ4v) is 2.64. The number of nitrogens with zero attached hydrogens (tertiary/aromatic N) is 2. The minimum absolute atomic E-state index is 0.456. The maximum atomic E-state index is 6.11. The molecule has 108 valence electrons. The zero-order valence-corrected chi connectivity index (χ0v) is 12.5. The van der Waals surface area contributed by atoms with E-state index < -0.39 is 0 Å². The van der Waals surface area contributed by atoms with Crippen molar-refractivity contribution >= 4 is 28.6 Å². The first kappa shape index (κ1) is 13.9. The van der Waals surface area contributed by atoms with Gasteiger partial charge in [0.25, 0.3) is 0 Å². The van der Waals surface area contributed by atoms with Crippen molar-refractivity contribution in [3.05, 3.63) is 53.1 Å². The maximum Gasteiger partial charge on any atom is 0.205 e. The number of benzene rings is 2. The summed E-state index contributed by atoms with van der Waals surface area (Å²) in [5, 5.41) is 0.653. The van der Waals surface area contributed by atoms with Crippen molar-refractivity contribution in [2.45, 2.75) is 6.42 Å². The lowest BCUT2D eigenvalue weighted by molar-refractivity contribution is 0.202. The SMILES string of the molecule is COCCc1ccccc1-n1c(N)nc2cc(Cl)ccc21. The molecular formula is C16H16ClN3O. The second-order valence-corrected chi connectivity index (χ2v) is 5.25. The second-order valence-electron chi connectivity index (χ2n) is 4.81. The van der Waals surface area contributed by atoms with Crippen molar-refractivity contribution in [2.75, 3.05) is 19.5 Å². The van der Waals surface area contributed by atoms with Gasteiger partial charge in [-0.05, 0) is 36.2 Å². The summed E-state index contributed by atoms with van der Waals surface area (Å²) in [7, 11) is 1.70. The van der Waals surface area contributed by atoms with Crippen LogP contribution in [0.15, 0.2) is 42.5 Å². The van der Waals surface area contributed by atoms with Gasteiger partial charge >= 0.3 is 0 Å². The monoisotopic (exact) mass is 301 g/mol. The predicted octanol–water partition coefficient (Wildman–Crippen LogP) is 3.45. The lowest BCUT2D eigenvalue weighted by Crippen LogP contribution is -2.05. The Morgan fingerprint density at radius 3 is 2.86 bits per heavy atom. The van der Waals surface area contributed by atoms with Gasteiger partial charge in [-0.2, -0.15) is 0 Å². The Balaban J connectivity index is 2.18. The average molecular weight is 302 g/mol. The summed E-state index contributed by atoms with van der Waals surface area (Å²) in [5.41, 5.74) is 10.0. The molecular weight excluding hydrogens is 286 g/mol. The summed E-state index contributed by atoms with van der Waals surface area (Å²) in [6.07, 6.45) is 0.819. The Kier molecular flexibility index (Phi) is 3.82. The molecule has 0 spiro atoms. The fraction of sp³-hybridized carbons (Fsp3) is 0.188. The van der Waals surface area contributed by atoms with E-state index in [1.165, 1.54) is 5.56 Å². The molecule has 4 nitrogen and oxygen atoms in total. The topological polar surface area (TPSA) is 53.1 Å². The molecule has 0 fully saturated rings. The molecule has 0 bridgehead atoms. The second kappa shape index (κ2) is 5.76. The first-order valence-corrected chi connectivity index (χ1v) is 7.09. The number of nitrogen functional groups attached to an aromatic ring is 1. The summed E-state index contributed by atoms with van der Waals surface area (Å²) in [5.74, 6) is 0.456. The number of ether oxygens (including phenoxy) is 1. The highest BCUT2D eigenvalue weighted by Crippen LogP contribution is 2.27. The number of hydrogen-bond acceptors (Lipinski definition) is 3. The van der Waals surface area contributed by atoms with Crippen LogP contribution in [0.25, 0.3) is 16.7 Å². The van der Waals surface area contributed by atoms with Crippen molar-refractivity contribution in [3.63, 3.8) is 0 Å². The number of rotatable bonds is 4. The molecule has 1 heterocycles. The van der Waals surface area contributed by atoms with E-state index >= 15 is 0 Å². The van der Waals surface area contributed by atoms with Crippen LogP contribution in [0.2, 0.25) is 5.02 Å². The lowest BCUT2D eigenvalue weighted by atomic mass is 10.1. The lowest BCUT2D eigenvalue weighted by Gasteiger charge is -2.12. The molecule has 0 saturated heterocycles. The average Bonchev–Trinajstić information content (AvgIpc) is 2.80. The first-order valence-electron chi connectivity index (χ1n) is 6.71. The molecule has 0 radical (unpaired) electrons. The number of halogens is 1. The maximum absolute atomic E-state index is 6.11. The molecule has 0 unspecified atom stereocenters. The smallest absolute Gasteiger partial charge is 0.205 e. The molecule has 0 saturated carbocycles. The van der Waals surface area contributed by atoms with Crippen LogP contribution in [-0.2, 0) is 11.2 Å². The number of nitrogens with two attached hydrogens (primary N) is 1. The highest BCUT2D eigenvalue weighted by molar-refractivity contribution is 6.31. The molecule has 3 rings (SSSR count). The van der Waals surface area contributed by atoms with Crippen molar-refractivity contribution in [1.29, 1.82) is 0 Å². The molecule has 0 aliphatic heterocycles. The van der Waals surface area contributed by atoms with Crippen molar-refractivity contribution in [1.82, 2.24) is 9.55 Å². The van der Waals surface area contributed by atoms with Crippen LogP contribution in [0, 0.1) is 0 Å². The van der Waals surface area contributed by atoms with Gasteiger partial charge in [-0.3, -0.25) is 4.57 Å². The molecule has 1 aromatic heterocycles. The van der Waals surface area contributed by atoms with Gasteiger partial charge in [0, 0.05) is 12.1 Å². The van der Waals surface area contributed by atoms with Crippen molar-refractivity contribution < 1.29 is 4.74 Å². The van der Waals surface area contributed by atoms with Gasteiger partial charge in [-0.25, -0.2) is 4.98 Å². The van der Waals surface area contributed by atoms with Crippen LogP contribution in [0.5, 0.6) is 0 Å². The predicted molar refractivity (Wildman–Crippen MR) is 86.1 cm³/mol. The van der Waals surface area contributed by atoms with Gasteiger partial charge in [0.15, 0.2) is 0 Å².